The number of hydrogen-bond acceptors (Lipinski definition) is 3. The Morgan fingerprint density at radius 3 is 3.00 bits per heavy atom. The Balaban J connectivity index is 1.85. The first-order valence-corrected chi connectivity index (χ1v) is 6.75. The molecule has 94 valence electrons. The highest BCUT2D eigenvalue weighted by atomic mass is 79.9. The summed E-state index contributed by atoms with van der Waals surface area (Å²) in [6.45, 7) is 3.25. The maximum absolute atomic E-state index is 5.29. The topological polar surface area (TPSA) is 40.6 Å². The van der Waals surface area contributed by atoms with E-state index in [4.69, 9.17) is 4.74 Å². The van der Waals surface area contributed by atoms with E-state index in [1.807, 2.05) is 23.5 Å². The Kier molecular flexibility index (Phi) is 3.34. The second kappa shape index (κ2) is 5.12. The lowest BCUT2D eigenvalue weighted by Gasteiger charge is -2.23. The molecule has 2 aromatic rings. The highest BCUT2D eigenvalue weighted by molar-refractivity contribution is 9.10. The molecule has 18 heavy (non-hydrogen) atoms. The van der Waals surface area contributed by atoms with Crippen LogP contribution in [0.15, 0.2) is 34.0 Å². The largest absolute Gasteiger partial charge is 0.378 e. The van der Waals surface area contributed by atoms with E-state index < -0.39 is 0 Å². The van der Waals surface area contributed by atoms with Crippen LogP contribution < -0.4 is 0 Å². The first kappa shape index (κ1) is 11.7. The first-order chi connectivity index (χ1) is 8.83. The summed E-state index contributed by atoms with van der Waals surface area (Å²) in [4.78, 5) is 3.25. The number of hydrogen-bond donors (Lipinski definition) is 1. The summed E-state index contributed by atoms with van der Waals surface area (Å²) in [7, 11) is 0. The predicted molar refractivity (Wildman–Crippen MR) is 76.0 cm³/mol. The quantitative estimate of drug-likeness (QED) is 0.866. The van der Waals surface area contributed by atoms with E-state index in [9.17, 15) is 0 Å². The Bertz CT molecular complexity index is 573. The van der Waals surface area contributed by atoms with Gasteiger partial charge in [0.15, 0.2) is 0 Å². The Morgan fingerprint density at radius 1 is 1.33 bits per heavy atom. The predicted octanol–water partition coefficient (Wildman–Crippen LogP) is 2.60. The highest BCUT2D eigenvalue weighted by Crippen LogP contribution is 2.21. The third-order valence-electron chi connectivity index (χ3n) is 3.02. The Morgan fingerprint density at radius 2 is 2.17 bits per heavy atom. The van der Waals surface area contributed by atoms with Gasteiger partial charge in [-0.3, -0.25) is 5.01 Å². The van der Waals surface area contributed by atoms with Crippen molar-refractivity contribution >= 4 is 33.0 Å². The van der Waals surface area contributed by atoms with Crippen molar-refractivity contribution in [2.75, 3.05) is 26.3 Å². The zero-order valence-corrected chi connectivity index (χ0v) is 11.5. The lowest BCUT2D eigenvalue weighted by atomic mass is 10.2. The van der Waals surface area contributed by atoms with Crippen molar-refractivity contribution in [2.24, 2.45) is 5.10 Å². The molecule has 0 radical (unpaired) electrons. The van der Waals surface area contributed by atoms with Crippen molar-refractivity contribution in [1.82, 2.24) is 9.99 Å². The summed E-state index contributed by atoms with van der Waals surface area (Å²) in [5.41, 5.74) is 2.24. The average Bonchev–Trinajstić information content (AvgIpc) is 2.80. The third kappa shape index (κ3) is 2.42. The van der Waals surface area contributed by atoms with Gasteiger partial charge in [-0.2, -0.15) is 5.10 Å². The molecule has 0 aliphatic carbocycles. The van der Waals surface area contributed by atoms with Crippen molar-refractivity contribution in [3.8, 4) is 0 Å². The molecule has 1 aromatic heterocycles. The minimum Gasteiger partial charge on any atom is -0.378 e. The number of aromatic amines is 1. The van der Waals surface area contributed by atoms with Crippen LogP contribution in [-0.4, -0.2) is 42.5 Å². The van der Waals surface area contributed by atoms with Crippen LogP contribution in [0, 0.1) is 0 Å². The summed E-state index contributed by atoms with van der Waals surface area (Å²) in [5, 5.41) is 7.72. The molecule has 0 amide bonds. The molecule has 4 nitrogen and oxygen atoms in total. The van der Waals surface area contributed by atoms with E-state index in [2.05, 4.69) is 38.1 Å². The fraction of sp³-hybridized carbons (Fsp3) is 0.308. The van der Waals surface area contributed by atoms with Crippen LogP contribution in [0.2, 0.25) is 0 Å². The van der Waals surface area contributed by atoms with Crippen molar-refractivity contribution in [3.05, 3.63) is 34.4 Å². The average molecular weight is 308 g/mol. The zero-order valence-electron chi connectivity index (χ0n) is 9.90. The first-order valence-electron chi connectivity index (χ1n) is 5.96. The van der Waals surface area contributed by atoms with Crippen LogP contribution in [0.5, 0.6) is 0 Å². The number of nitrogens with zero attached hydrogens (tertiary/aromatic N) is 2. The molecule has 0 atom stereocenters. The van der Waals surface area contributed by atoms with Gasteiger partial charge in [0.2, 0.25) is 0 Å². The molecule has 1 aliphatic heterocycles. The zero-order chi connectivity index (χ0) is 12.4. The number of aromatic nitrogens is 1. The second-order valence-electron chi connectivity index (χ2n) is 4.24. The SMILES string of the molecule is Brc1ccc2[nH]cc(/C=N/N3CCOCC3)c2c1. The van der Waals surface area contributed by atoms with Gasteiger partial charge >= 0.3 is 0 Å². The molecule has 1 saturated heterocycles. The summed E-state index contributed by atoms with van der Waals surface area (Å²) < 4.78 is 6.37. The van der Waals surface area contributed by atoms with Gasteiger partial charge in [-0.15, -0.1) is 0 Å². The summed E-state index contributed by atoms with van der Waals surface area (Å²) in [6, 6.07) is 6.19. The third-order valence-corrected chi connectivity index (χ3v) is 3.52. The molecule has 1 aromatic carbocycles. The maximum atomic E-state index is 5.29. The van der Waals surface area contributed by atoms with Crippen LogP contribution in [0.25, 0.3) is 10.9 Å². The Hall–Kier alpha value is -1.33. The molecule has 2 heterocycles. The number of benzene rings is 1. The fourth-order valence-corrected chi connectivity index (χ4v) is 2.40. The normalized spacial score (nSPS) is 16.8. The van der Waals surface area contributed by atoms with E-state index in [0.717, 1.165) is 41.9 Å². The monoisotopic (exact) mass is 307 g/mol. The number of H-pyrrole nitrogens is 1. The van der Waals surface area contributed by atoms with Gasteiger partial charge in [0, 0.05) is 27.1 Å². The van der Waals surface area contributed by atoms with Gasteiger partial charge < -0.3 is 9.72 Å². The van der Waals surface area contributed by atoms with E-state index in [-0.39, 0.29) is 0 Å². The number of morpholine rings is 1. The van der Waals surface area contributed by atoms with Crippen molar-refractivity contribution in [1.29, 1.82) is 0 Å². The van der Waals surface area contributed by atoms with E-state index in [0.29, 0.717) is 0 Å². The summed E-state index contributed by atoms with van der Waals surface area (Å²) in [5.74, 6) is 0. The number of halogens is 1. The second-order valence-corrected chi connectivity index (χ2v) is 5.16. The van der Waals surface area contributed by atoms with E-state index in [1.165, 1.54) is 5.39 Å². The number of fused-ring (bicyclic) bond motifs is 1. The van der Waals surface area contributed by atoms with Gasteiger partial charge in [0.05, 0.1) is 32.5 Å². The fourth-order valence-electron chi connectivity index (χ4n) is 2.03. The molecule has 3 rings (SSSR count). The molecular weight excluding hydrogens is 294 g/mol. The lowest BCUT2D eigenvalue weighted by molar-refractivity contribution is 0.0397. The molecule has 0 bridgehead atoms. The maximum Gasteiger partial charge on any atom is 0.0659 e. The van der Waals surface area contributed by atoms with Crippen LogP contribution >= 0.6 is 15.9 Å². The van der Waals surface area contributed by atoms with Gasteiger partial charge in [-0.25, -0.2) is 0 Å². The lowest BCUT2D eigenvalue weighted by Crippen LogP contribution is -2.32. The molecule has 1 N–H and O–H groups in total. The molecule has 1 aliphatic rings. The van der Waals surface area contributed by atoms with Gasteiger partial charge in [-0.1, -0.05) is 15.9 Å². The van der Waals surface area contributed by atoms with Gasteiger partial charge in [-0.05, 0) is 18.2 Å². The van der Waals surface area contributed by atoms with Crippen LogP contribution in [0.1, 0.15) is 5.56 Å². The number of nitrogens with one attached hydrogen (secondary N) is 1. The molecule has 5 heteroatoms. The number of ether oxygens (including phenoxy) is 1. The highest BCUT2D eigenvalue weighted by Gasteiger charge is 2.07. The summed E-state index contributed by atoms with van der Waals surface area (Å²) in [6.07, 6.45) is 3.90. The minimum atomic E-state index is 0.761. The van der Waals surface area contributed by atoms with Gasteiger partial charge in [0.1, 0.15) is 0 Å². The Labute approximate surface area is 114 Å². The van der Waals surface area contributed by atoms with E-state index in [1.54, 1.807) is 0 Å². The van der Waals surface area contributed by atoms with Crippen molar-refractivity contribution in [3.63, 3.8) is 0 Å². The smallest absolute Gasteiger partial charge is 0.0659 e. The van der Waals surface area contributed by atoms with Crippen LogP contribution in [0.4, 0.5) is 0 Å². The molecule has 0 unspecified atom stereocenters. The number of rotatable bonds is 2. The molecule has 0 spiro atoms. The molecule has 1 fully saturated rings. The van der Waals surface area contributed by atoms with Crippen LogP contribution in [0.3, 0.4) is 0 Å². The molecule has 0 saturated carbocycles. The van der Waals surface area contributed by atoms with E-state index >= 15 is 0 Å². The standard InChI is InChI=1S/C13H14BrN3O/c14-11-1-2-13-12(7-11)10(8-15-13)9-16-17-3-5-18-6-4-17/h1-2,7-9,15H,3-6H2/b16-9+. The molecular formula is C13H14BrN3O. The number of hydrazone groups is 1. The minimum absolute atomic E-state index is 0.761. The summed E-state index contributed by atoms with van der Waals surface area (Å²) >= 11 is 3.49. The van der Waals surface area contributed by atoms with Gasteiger partial charge in [0.25, 0.3) is 0 Å². The van der Waals surface area contributed by atoms with Crippen molar-refractivity contribution < 1.29 is 4.74 Å². The van der Waals surface area contributed by atoms with Crippen molar-refractivity contribution in [2.45, 2.75) is 0 Å². The van der Waals surface area contributed by atoms with Crippen LogP contribution in [-0.2, 0) is 4.74 Å².